The Bertz CT molecular complexity index is 1220. The van der Waals surface area contributed by atoms with Crippen molar-refractivity contribution in [3.05, 3.63) is 81.6 Å². The molecular formula is C24H22ClN3O5. The Balaban J connectivity index is 1.48. The van der Waals surface area contributed by atoms with E-state index in [2.05, 4.69) is 5.10 Å². The van der Waals surface area contributed by atoms with E-state index in [1.807, 2.05) is 30.3 Å². The quantitative estimate of drug-likeness (QED) is 0.284. The maximum Gasteiger partial charge on any atom is 0.338 e. The molecule has 0 N–H and O–H groups in total. The Hall–Kier alpha value is -3.49. The van der Waals surface area contributed by atoms with E-state index in [4.69, 9.17) is 21.1 Å². The Morgan fingerprint density at radius 2 is 1.79 bits per heavy atom. The minimum Gasteiger partial charge on any atom is -0.457 e. The van der Waals surface area contributed by atoms with Crippen molar-refractivity contribution in [3.63, 3.8) is 0 Å². The lowest BCUT2D eigenvalue weighted by atomic mass is 10.1. The maximum absolute atomic E-state index is 12.7. The number of ether oxygens (including phenoxy) is 2. The number of benzene rings is 2. The molecule has 8 nitrogen and oxygen atoms in total. The molecular weight excluding hydrogens is 446 g/mol. The van der Waals surface area contributed by atoms with E-state index in [0.29, 0.717) is 29.4 Å². The molecule has 0 saturated carbocycles. The van der Waals surface area contributed by atoms with Gasteiger partial charge in [-0.05, 0) is 43.7 Å². The van der Waals surface area contributed by atoms with Crippen LogP contribution in [0.4, 0.5) is 0 Å². The number of para-hydroxylation sites is 1. The molecule has 0 bridgehead atoms. The Morgan fingerprint density at radius 3 is 2.52 bits per heavy atom. The number of nitrogens with zero attached hydrogens (tertiary/aromatic N) is 3. The van der Waals surface area contributed by atoms with Crippen LogP contribution in [0.15, 0.2) is 48.5 Å². The Morgan fingerprint density at radius 1 is 1.06 bits per heavy atom. The summed E-state index contributed by atoms with van der Waals surface area (Å²) in [5, 5.41) is 4.79. The van der Waals surface area contributed by atoms with Crippen molar-refractivity contribution in [2.24, 2.45) is 0 Å². The number of imide groups is 1. The van der Waals surface area contributed by atoms with Crippen molar-refractivity contribution in [3.8, 4) is 5.69 Å². The fraction of sp³-hybridized carbons (Fsp3) is 0.250. The summed E-state index contributed by atoms with van der Waals surface area (Å²) in [6, 6.07) is 13.7. The number of rotatable bonds is 8. The molecule has 9 heteroatoms. The molecule has 0 unspecified atom stereocenters. The molecule has 1 aromatic heterocycles. The number of aryl methyl sites for hydroxylation is 1. The summed E-state index contributed by atoms with van der Waals surface area (Å²) >= 11 is 6.49. The SMILES string of the molecule is COCCCN1C(=O)c2ccc(C(=O)OCc3c(C)nn(-c4ccccc4)c3Cl)cc2C1=O. The molecule has 2 amide bonds. The van der Waals surface area contributed by atoms with Crippen LogP contribution in [0.2, 0.25) is 5.15 Å². The predicted octanol–water partition coefficient (Wildman–Crippen LogP) is 3.82. The van der Waals surface area contributed by atoms with Gasteiger partial charge in [0.25, 0.3) is 11.8 Å². The third kappa shape index (κ3) is 4.40. The lowest BCUT2D eigenvalue weighted by molar-refractivity contribution is 0.0472. The minimum atomic E-state index is -0.626. The zero-order chi connectivity index (χ0) is 23.5. The van der Waals surface area contributed by atoms with Crippen LogP contribution in [0.25, 0.3) is 5.69 Å². The average Bonchev–Trinajstić information content (AvgIpc) is 3.25. The first-order valence-electron chi connectivity index (χ1n) is 10.4. The molecule has 0 aliphatic carbocycles. The van der Waals surface area contributed by atoms with E-state index < -0.39 is 11.9 Å². The highest BCUT2D eigenvalue weighted by Gasteiger charge is 2.35. The van der Waals surface area contributed by atoms with E-state index in [-0.39, 0.29) is 35.7 Å². The van der Waals surface area contributed by atoms with Crippen LogP contribution in [0.3, 0.4) is 0 Å². The van der Waals surface area contributed by atoms with Crippen molar-refractivity contribution in [1.29, 1.82) is 0 Å². The molecule has 3 aromatic rings. The fourth-order valence-corrected chi connectivity index (χ4v) is 3.97. The molecule has 4 rings (SSSR count). The van der Waals surface area contributed by atoms with Crippen molar-refractivity contribution in [1.82, 2.24) is 14.7 Å². The van der Waals surface area contributed by atoms with Gasteiger partial charge in [-0.3, -0.25) is 14.5 Å². The second kappa shape index (κ2) is 9.56. The minimum absolute atomic E-state index is 0.0799. The number of amides is 2. The van der Waals surface area contributed by atoms with Crippen LogP contribution < -0.4 is 0 Å². The summed E-state index contributed by atoms with van der Waals surface area (Å²) in [5.74, 6) is -1.43. The molecule has 0 saturated heterocycles. The van der Waals surface area contributed by atoms with Gasteiger partial charge < -0.3 is 9.47 Å². The lowest BCUT2D eigenvalue weighted by Gasteiger charge is -2.12. The fourth-order valence-electron chi connectivity index (χ4n) is 3.64. The largest absolute Gasteiger partial charge is 0.457 e. The highest BCUT2D eigenvalue weighted by atomic mass is 35.5. The first-order chi connectivity index (χ1) is 15.9. The topological polar surface area (TPSA) is 90.7 Å². The number of esters is 1. The van der Waals surface area contributed by atoms with Gasteiger partial charge in [0, 0.05) is 25.8 Å². The van der Waals surface area contributed by atoms with Gasteiger partial charge in [0.2, 0.25) is 0 Å². The maximum atomic E-state index is 12.7. The van der Waals surface area contributed by atoms with E-state index in [1.165, 1.54) is 23.1 Å². The molecule has 0 radical (unpaired) electrons. The molecule has 33 heavy (non-hydrogen) atoms. The van der Waals surface area contributed by atoms with Gasteiger partial charge >= 0.3 is 5.97 Å². The second-order valence-corrected chi connectivity index (χ2v) is 7.90. The summed E-state index contributed by atoms with van der Waals surface area (Å²) in [6.07, 6.45) is 0.535. The van der Waals surface area contributed by atoms with E-state index in [9.17, 15) is 14.4 Å². The van der Waals surface area contributed by atoms with Gasteiger partial charge in [0.05, 0.1) is 28.1 Å². The summed E-state index contributed by atoms with van der Waals surface area (Å²) < 4.78 is 12.0. The van der Waals surface area contributed by atoms with Crippen LogP contribution in [-0.4, -0.2) is 52.7 Å². The number of fused-ring (bicyclic) bond motifs is 1. The Labute approximate surface area is 195 Å². The molecule has 2 heterocycles. The molecule has 2 aromatic carbocycles. The van der Waals surface area contributed by atoms with Gasteiger partial charge in [0.15, 0.2) is 0 Å². The van der Waals surface area contributed by atoms with E-state index in [1.54, 1.807) is 18.7 Å². The highest BCUT2D eigenvalue weighted by molar-refractivity contribution is 6.30. The highest BCUT2D eigenvalue weighted by Crippen LogP contribution is 2.26. The van der Waals surface area contributed by atoms with Gasteiger partial charge in [-0.25, -0.2) is 9.48 Å². The van der Waals surface area contributed by atoms with E-state index in [0.717, 1.165) is 5.69 Å². The number of halogens is 1. The molecule has 0 spiro atoms. The molecule has 170 valence electrons. The first kappa shape index (κ1) is 22.7. The van der Waals surface area contributed by atoms with Crippen molar-refractivity contribution < 1.29 is 23.9 Å². The molecule has 0 atom stereocenters. The van der Waals surface area contributed by atoms with Crippen LogP contribution in [0.1, 0.15) is 48.8 Å². The molecule has 1 aliphatic rings. The van der Waals surface area contributed by atoms with Gasteiger partial charge in [0.1, 0.15) is 11.8 Å². The van der Waals surface area contributed by atoms with Crippen molar-refractivity contribution in [2.45, 2.75) is 20.0 Å². The molecule has 0 fully saturated rings. The summed E-state index contributed by atoms with van der Waals surface area (Å²) in [5.41, 5.74) is 2.66. The number of carbonyl (C=O) groups excluding carboxylic acids is 3. The second-order valence-electron chi connectivity index (χ2n) is 7.55. The van der Waals surface area contributed by atoms with Crippen molar-refractivity contribution in [2.75, 3.05) is 20.3 Å². The zero-order valence-electron chi connectivity index (χ0n) is 18.2. The summed E-state index contributed by atoms with van der Waals surface area (Å²) in [4.78, 5) is 39.0. The van der Waals surface area contributed by atoms with Gasteiger partial charge in [-0.2, -0.15) is 5.10 Å². The Kier molecular flexibility index (Phi) is 6.57. The summed E-state index contributed by atoms with van der Waals surface area (Å²) in [6.45, 7) is 2.40. The average molecular weight is 468 g/mol. The van der Waals surface area contributed by atoms with Crippen LogP contribution in [0.5, 0.6) is 0 Å². The van der Waals surface area contributed by atoms with Gasteiger partial charge in [-0.1, -0.05) is 29.8 Å². The zero-order valence-corrected chi connectivity index (χ0v) is 19.0. The van der Waals surface area contributed by atoms with Crippen molar-refractivity contribution >= 4 is 29.4 Å². The first-order valence-corrected chi connectivity index (χ1v) is 10.8. The normalized spacial score (nSPS) is 12.9. The number of hydrogen-bond donors (Lipinski definition) is 0. The predicted molar refractivity (Wildman–Crippen MR) is 121 cm³/mol. The summed E-state index contributed by atoms with van der Waals surface area (Å²) in [7, 11) is 1.56. The smallest absolute Gasteiger partial charge is 0.338 e. The van der Waals surface area contributed by atoms with Gasteiger partial charge in [-0.15, -0.1) is 0 Å². The third-order valence-corrected chi connectivity index (χ3v) is 5.79. The number of methoxy groups -OCH3 is 1. The molecule has 1 aliphatic heterocycles. The van der Waals surface area contributed by atoms with Crippen LogP contribution in [-0.2, 0) is 16.1 Å². The number of hydrogen-bond acceptors (Lipinski definition) is 6. The van der Waals surface area contributed by atoms with Crippen LogP contribution in [0, 0.1) is 6.92 Å². The number of aromatic nitrogens is 2. The van der Waals surface area contributed by atoms with E-state index >= 15 is 0 Å². The van der Waals surface area contributed by atoms with Crippen LogP contribution >= 0.6 is 11.6 Å². The monoisotopic (exact) mass is 467 g/mol. The lowest BCUT2D eigenvalue weighted by Crippen LogP contribution is -2.31. The standard InChI is InChI=1S/C24H22ClN3O5/c1-15-20(21(25)28(26-15)17-7-4-3-5-8-17)14-33-24(31)16-9-10-18-19(13-16)23(30)27(22(18)29)11-6-12-32-2/h3-5,7-10,13H,6,11-12,14H2,1-2H3. The number of carbonyl (C=O) groups is 3. The third-order valence-electron chi connectivity index (χ3n) is 5.41.